The molecule has 3 aromatic carbocycles. The number of nitrogens with one attached hydrogen (secondary N) is 3. The number of H-pyrrole nitrogens is 1. The van der Waals surface area contributed by atoms with Crippen molar-refractivity contribution in [1.82, 2.24) is 15.6 Å². The Bertz CT molecular complexity index is 1560. The van der Waals surface area contributed by atoms with Crippen LogP contribution in [0.4, 0.5) is 10.5 Å². The predicted octanol–water partition coefficient (Wildman–Crippen LogP) is 6.32. The number of carbonyl (C=O) groups is 2. The van der Waals surface area contributed by atoms with E-state index in [9.17, 15) is 19.7 Å². The van der Waals surface area contributed by atoms with E-state index >= 15 is 0 Å². The Labute approximate surface area is 244 Å². The zero-order valence-electron chi connectivity index (χ0n) is 23.7. The summed E-state index contributed by atoms with van der Waals surface area (Å²) in [6, 6.07) is 24.1. The van der Waals surface area contributed by atoms with E-state index in [-0.39, 0.29) is 30.0 Å². The molecule has 4 aromatic rings. The van der Waals surface area contributed by atoms with Crippen molar-refractivity contribution < 1.29 is 19.2 Å². The number of benzene rings is 3. The largest absolute Gasteiger partial charge is 0.445 e. The fourth-order valence-electron chi connectivity index (χ4n) is 6.04. The molecule has 0 spiro atoms. The summed E-state index contributed by atoms with van der Waals surface area (Å²) in [6.45, 7) is 1.99. The molecule has 1 fully saturated rings. The van der Waals surface area contributed by atoms with Gasteiger partial charge in [-0.05, 0) is 42.5 Å². The molecule has 2 amide bonds. The van der Waals surface area contributed by atoms with Crippen LogP contribution >= 0.6 is 0 Å². The van der Waals surface area contributed by atoms with Gasteiger partial charge in [0.05, 0.1) is 4.92 Å². The molecular weight excluding hydrogens is 532 g/mol. The van der Waals surface area contributed by atoms with Gasteiger partial charge < -0.3 is 20.4 Å². The van der Waals surface area contributed by atoms with E-state index in [0.717, 1.165) is 42.1 Å². The molecule has 5 rings (SSSR count). The number of ether oxygens (including phenoxy) is 1. The molecule has 1 unspecified atom stereocenters. The van der Waals surface area contributed by atoms with E-state index in [1.165, 1.54) is 30.2 Å². The van der Waals surface area contributed by atoms with Gasteiger partial charge in [-0.3, -0.25) is 14.9 Å². The van der Waals surface area contributed by atoms with Crippen LogP contribution < -0.4 is 10.6 Å². The topological polar surface area (TPSA) is 126 Å². The molecule has 1 atom stereocenters. The molecule has 1 aliphatic carbocycles. The number of hydrogen-bond acceptors (Lipinski definition) is 5. The van der Waals surface area contributed by atoms with Crippen molar-refractivity contribution in [3.8, 4) is 0 Å². The van der Waals surface area contributed by atoms with Gasteiger partial charge in [-0.2, -0.15) is 0 Å². The number of fused-ring (bicyclic) bond motifs is 1. The van der Waals surface area contributed by atoms with Crippen LogP contribution in [-0.2, 0) is 28.0 Å². The molecule has 0 radical (unpaired) electrons. The van der Waals surface area contributed by atoms with Crippen LogP contribution in [0.3, 0.4) is 0 Å². The first-order valence-corrected chi connectivity index (χ1v) is 14.4. The number of alkyl carbamates (subject to hydrolysis) is 1. The van der Waals surface area contributed by atoms with E-state index < -0.39 is 16.6 Å². The highest BCUT2D eigenvalue weighted by Gasteiger charge is 2.40. The van der Waals surface area contributed by atoms with E-state index in [1.807, 2.05) is 48.7 Å². The average molecular weight is 569 g/mol. The molecule has 3 N–H and O–H groups in total. The van der Waals surface area contributed by atoms with Crippen molar-refractivity contribution in [3.05, 3.63) is 112 Å². The molecule has 0 saturated heterocycles. The number of carbonyl (C=O) groups excluding carboxylic acids is 2. The van der Waals surface area contributed by atoms with Gasteiger partial charge in [-0.1, -0.05) is 79.9 Å². The first-order valence-electron chi connectivity index (χ1n) is 14.4. The van der Waals surface area contributed by atoms with Crippen LogP contribution in [0, 0.1) is 10.1 Å². The third-order valence-electron chi connectivity index (χ3n) is 8.37. The lowest BCUT2D eigenvalue weighted by molar-refractivity contribution is -0.384. The highest BCUT2D eigenvalue weighted by molar-refractivity contribution is 5.91. The van der Waals surface area contributed by atoms with Crippen LogP contribution in [0.1, 0.15) is 55.7 Å². The zero-order valence-corrected chi connectivity index (χ0v) is 23.7. The SMILES string of the molecule is CC(Cc1c[nH]c2ccccc12)(NC(=O)OCc1cccc([N+](=O)[O-])c1)C(=O)NCC1(c2ccccc2)CCCCC1. The third-order valence-corrected chi connectivity index (χ3v) is 8.37. The van der Waals surface area contributed by atoms with Crippen molar-refractivity contribution in [2.75, 3.05) is 6.54 Å². The summed E-state index contributed by atoms with van der Waals surface area (Å²) in [7, 11) is 0. The highest BCUT2D eigenvalue weighted by atomic mass is 16.6. The summed E-state index contributed by atoms with van der Waals surface area (Å²) in [4.78, 5) is 41.0. The fraction of sp³-hybridized carbons (Fsp3) is 0.333. The standard InChI is InChI=1S/C33H36N4O5/c1-32(20-25-21-34-29-16-7-6-15-28(25)29,36-31(39)42-22-24-11-10-14-27(19-24)37(40)41)30(38)35-23-33(17-8-3-9-18-33)26-12-4-2-5-13-26/h2,4-7,10-16,19,21,34H,3,8-9,17-18,20,22-23H2,1H3,(H,35,38)(H,36,39). The fourth-order valence-corrected chi connectivity index (χ4v) is 6.04. The minimum atomic E-state index is -1.34. The second-order valence-electron chi connectivity index (χ2n) is 11.4. The number of amides is 2. The number of nitrogens with zero attached hydrogens (tertiary/aromatic N) is 1. The number of aromatic amines is 1. The van der Waals surface area contributed by atoms with Gasteiger partial charge in [0.25, 0.3) is 5.69 Å². The highest BCUT2D eigenvalue weighted by Crippen LogP contribution is 2.39. The normalized spacial score (nSPS) is 15.8. The van der Waals surface area contributed by atoms with Gasteiger partial charge in [-0.15, -0.1) is 0 Å². The minimum absolute atomic E-state index is 0.0879. The quantitative estimate of drug-likeness (QED) is 0.152. The maximum absolute atomic E-state index is 14.0. The molecule has 9 heteroatoms. The third kappa shape index (κ3) is 6.46. The number of non-ortho nitro benzene ring substituents is 1. The predicted molar refractivity (Wildman–Crippen MR) is 161 cm³/mol. The minimum Gasteiger partial charge on any atom is -0.445 e. The Hall–Kier alpha value is -4.66. The molecule has 9 nitrogen and oxygen atoms in total. The summed E-state index contributed by atoms with van der Waals surface area (Å²) in [5, 5.41) is 18.1. The van der Waals surface area contributed by atoms with Crippen LogP contribution in [0.2, 0.25) is 0 Å². The maximum atomic E-state index is 14.0. The second kappa shape index (κ2) is 12.5. The van der Waals surface area contributed by atoms with Gasteiger partial charge in [-0.25, -0.2) is 4.79 Å². The molecule has 0 bridgehead atoms. The summed E-state index contributed by atoms with van der Waals surface area (Å²) in [5.74, 6) is -0.305. The van der Waals surface area contributed by atoms with Crippen LogP contribution in [-0.4, -0.2) is 34.0 Å². The molecule has 1 aliphatic rings. The summed E-state index contributed by atoms with van der Waals surface area (Å²) in [5.41, 5.74) is 1.93. The van der Waals surface area contributed by atoms with Crippen molar-refractivity contribution >= 4 is 28.6 Å². The molecule has 1 heterocycles. The first kappa shape index (κ1) is 28.9. The number of aromatic nitrogens is 1. The van der Waals surface area contributed by atoms with Gasteiger partial charge in [0.2, 0.25) is 5.91 Å². The maximum Gasteiger partial charge on any atom is 0.408 e. The number of nitro benzene ring substituents is 1. The van der Waals surface area contributed by atoms with Gasteiger partial charge in [0.1, 0.15) is 12.1 Å². The van der Waals surface area contributed by atoms with Crippen LogP contribution in [0.5, 0.6) is 0 Å². The molecule has 0 aliphatic heterocycles. The first-order chi connectivity index (χ1) is 20.3. The van der Waals surface area contributed by atoms with Gasteiger partial charge in [0, 0.05) is 47.6 Å². The number of rotatable bonds is 10. The lowest BCUT2D eigenvalue weighted by Crippen LogP contribution is -2.59. The molecular formula is C33H36N4O5. The summed E-state index contributed by atoms with van der Waals surface area (Å²) in [6.07, 6.45) is 6.64. The Kier molecular flexibility index (Phi) is 8.56. The molecule has 42 heavy (non-hydrogen) atoms. The van der Waals surface area contributed by atoms with Crippen LogP contribution in [0.25, 0.3) is 10.9 Å². The Morgan fingerprint density at radius 3 is 2.50 bits per heavy atom. The van der Waals surface area contributed by atoms with Crippen LogP contribution in [0.15, 0.2) is 85.1 Å². The monoisotopic (exact) mass is 568 g/mol. The lowest BCUT2D eigenvalue weighted by atomic mass is 9.69. The van der Waals surface area contributed by atoms with Gasteiger partial charge >= 0.3 is 6.09 Å². The number of hydrogen-bond donors (Lipinski definition) is 3. The average Bonchev–Trinajstić information content (AvgIpc) is 3.42. The zero-order chi connectivity index (χ0) is 29.6. The Morgan fingerprint density at radius 2 is 1.74 bits per heavy atom. The Morgan fingerprint density at radius 1 is 1.00 bits per heavy atom. The van der Waals surface area contributed by atoms with E-state index in [4.69, 9.17) is 4.74 Å². The van der Waals surface area contributed by atoms with E-state index in [2.05, 4.69) is 27.8 Å². The second-order valence-corrected chi connectivity index (χ2v) is 11.4. The summed E-state index contributed by atoms with van der Waals surface area (Å²) >= 11 is 0. The number of nitro groups is 1. The number of para-hydroxylation sites is 1. The molecule has 1 saturated carbocycles. The molecule has 1 aromatic heterocycles. The lowest BCUT2D eigenvalue weighted by Gasteiger charge is -2.39. The van der Waals surface area contributed by atoms with E-state index in [0.29, 0.717) is 12.1 Å². The Balaban J connectivity index is 1.35. The summed E-state index contributed by atoms with van der Waals surface area (Å²) < 4.78 is 5.44. The molecule has 218 valence electrons. The van der Waals surface area contributed by atoms with E-state index in [1.54, 1.807) is 13.0 Å². The smallest absolute Gasteiger partial charge is 0.408 e. The van der Waals surface area contributed by atoms with Crippen molar-refractivity contribution in [2.24, 2.45) is 0 Å². The van der Waals surface area contributed by atoms with Gasteiger partial charge in [0.15, 0.2) is 0 Å². The van der Waals surface area contributed by atoms with Crippen molar-refractivity contribution in [2.45, 2.75) is 63.0 Å². The van der Waals surface area contributed by atoms with Crippen molar-refractivity contribution in [1.29, 1.82) is 0 Å². The van der Waals surface area contributed by atoms with Crippen molar-refractivity contribution in [3.63, 3.8) is 0 Å².